The Balaban J connectivity index is 2.57. The molecule has 1 rings (SSSR count). The summed E-state index contributed by atoms with van der Waals surface area (Å²) in [5.41, 5.74) is 0. The predicted octanol–water partition coefficient (Wildman–Crippen LogP) is -3.10. The van der Waals surface area contributed by atoms with E-state index >= 15 is 0 Å². The molecule has 6 N–H and O–H groups in total. The zero-order valence-electron chi connectivity index (χ0n) is 7.95. The van der Waals surface area contributed by atoms with E-state index in [9.17, 15) is 14.8 Å². The molecule has 1 aliphatic rings. The SMILES string of the molecule is O=P(O)(O)OC[C@H]1OC(O)[C@@H](O)[C@@H](O)[C@@H]1O. The average Bonchev–Trinajstić information content (AvgIpc) is 2.17. The van der Waals surface area contributed by atoms with E-state index in [1.54, 1.807) is 0 Å². The molecule has 0 aromatic heterocycles. The number of phosphoric acid groups is 1. The van der Waals surface area contributed by atoms with Crippen molar-refractivity contribution >= 4 is 7.82 Å². The van der Waals surface area contributed by atoms with Crippen LogP contribution < -0.4 is 0 Å². The Morgan fingerprint density at radius 2 is 1.62 bits per heavy atom. The molecule has 10 heteroatoms. The summed E-state index contributed by atoms with van der Waals surface area (Å²) in [4.78, 5) is 16.8. The predicted molar refractivity (Wildman–Crippen MR) is 46.9 cm³/mol. The van der Waals surface area contributed by atoms with Crippen molar-refractivity contribution in [1.29, 1.82) is 0 Å². The fourth-order valence-electron chi connectivity index (χ4n) is 1.24. The third-order valence-corrected chi connectivity index (χ3v) is 2.58. The van der Waals surface area contributed by atoms with Crippen molar-refractivity contribution in [2.24, 2.45) is 0 Å². The summed E-state index contributed by atoms with van der Waals surface area (Å²) in [5, 5.41) is 36.7. The number of rotatable bonds is 3. The van der Waals surface area contributed by atoms with Crippen LogP contribution in [0.3, 0.4) is 0 Å². The Bertz CT molecular complexity index is 277. The van der Waals surface area contributed by atoms with E-state index < -0.39 is 45.1 Å². The highest BCUT2D eigenvalue weighted by Gasteiger charge is 2.43. The van der Waals surface area contributed by atoms with Crippen molar-refractivity contribution < 1.29 is 44.0 Å². The summed E-state index contributed by atoms with van der Waals surface area (Å²) in [6, 6.07) is 0. The molecule has 0 aromatic carbocycles. The number of hydrogen-bond donors (Lipinski definition) is 6. The molecule has 0 spiro atoms. The quantitative estimate of drug-likeness (QED) is 0.289. The first-order valence-corrected chi connectivity index (χ1v) is 5.83. The van der Waals surface area contributed by atoms with Gasteiger partial charge in [-0.1, -0.05) is 0 Å². The summed E-state index contributed by atoms with van der Waals surface area (Å²) >= 11 is 0. The molecular formula is C6H13O9P. The minimum absolute atomic E-state index is 0.730. The highest BCUT2D eigenvalue weighted by atomic mass is 31.2. The lowest BCUT2D eigenvalue weighted by Gasteiger charge is -2.38. The van der Waals surface area contributed by atoms with E-state index in [1.807, 2.05) is 0 Å². The molecule has 0 aromatic rings. The maximum absolute atomic E-state index is 10.4. The normalized spacial score (nSPS) is 41.0. The molecule has 9 nitrogen and oxygen atoms in total. The molecule has 0 amide bonds. The standard InChI is InChI=1S/C6H13O9P/c7-3-2(1-14-16(11,12)13)15-6(10)5(9)4(3)8/h2-10H,1H2,(H2,11,12,13)/t2-,3-,4+,5+,6?/m1/s1. The number of ether oxygens (including phenoxy) is 1. The molecule has 1 aliphatic heterocycles. The van der Waals surface area contributed by atoms with Crippen LogP contribution in [0.25, 0.3) is 0 Å². The largest absolute Gasteiger partial charge is 0.469 e. The van der Waals surface area contributed by atoms with Gasteiger partial charge in [-0.3, -0.25) is 4.52 Å². The second kappa shape index (κ2) is 5.05. The van der Waals surface area contributed by atoms with Gasteiger partial charge in [0.05, 0.1) is 6.61 Å². The Labute approximate surface area is 90.1 Å². The van der Waals surface area contributed by atoms with Gasteiger partial charge in [0.2, 0.25) is 0 Å². The van der Waals surface area contributed by atoms with Gasteiger partial charge in [-0.05, 0) is 0 Å². The highest BCUT2D eigenvalue weighted by Crippen LogP contribution is 2.36. The third-order valence-electron chi connectivity index (χ3n) is 2.09. The lowest BCUT2D eigenvalue weighted by molar-refractivity contribution is -0.285. The second-order valence-corrected chi connectivity index (χ2v) is 4.56. The molecule has 0 aliphatic carbocycles. The van der Waals surface area contributed by atoms with Crippen LogP contribution in [-0.2, 0) is 13.8 Å². The minimum atomic E-state index is -4.73. The molecule has 1 heterocycles. The fraction of sp³-hybridized carbons (Fsp3) is 1.00. The first kappa shape index (κ1) is 14.0. The van der Waals surface area contributed by atoms with Gasteiger partial charge in [0.25, 0.3) is 0 Å². The Morgan fingerprint density at radius 1 is 1.06 bits per heavy atom. The fourth-order valence-corrected chi connectivity index (χ4v) is 1.58. The van der Waals surface area contributed by atoms with E-state index in [4.69, 9.17) is 20.0 Å². The summed E-state index contributed by atoms with van der Waals surface area (Å²) in [5.74, 6) is 0. The van der Waals surface area contributed by atoms with Gasteiger partial charge in [0, 0.05) is 0 Å². The van der Waals surface area contributed by atoms with Crippen LogP contribution in [0.4, 0.5) is 0 Å². The molecule has 1 unspecified atom stereocenters. The van der Waals surface area contributed by atoms with E-state index in [-0.39, 0.29) is 0 Å². The first-order chi connectivity index (χ1) is 7.22. The Hall–Kier alpha value is -0.0900. The van der Waals surface area contributed by atoms with Gasteiger partial charge >= 0.3 is 7.82 Å². The molecule has 5 atom stereocenters. The van der Waals surface area contributed by atoms with Crippen molar-refractivity contribution in [3.63, 3.8) is 0 Å². The van der Waals surface area contributed by atoms with Crippen LogP contribution in [0.2, 0.25) is 0 Å². The maximum Gasteiger partial charge on any atom is 0.469 e. The molecule has 0 radical (unpaired) electrons. The van der Waals surface area contributed by atoms with Crippen molar-refractivity contribution in [3.05, 3.63) is 0 Å². The van der Waals surface area contributed by atoms with Crippen LogP contribution in [0, 0.1) is 0 Å². The number of phosphoric ester groups is 1. The van der Waals surface area contributed by atoms with Crippen molar-refractivity contribution in [1.82, 2.24) is 0 Å². The van der Waals surface area contributed by atoms with Crippen molar-refractivity contribution in [2.45, 2.75) is 30.7 Å². The highest BCUT2D eigenvalue weighted by molar-refractivity contribution is 7.46. The molecule has 1 fully saturated rings. The van der Waals surface area contributed by atoms with Crippen molar-refractivity contribution in [2.75, 3.05) is 6.61 Å². The zero-order valence-corrected chi connectivity index (χ0v) is 8.84. The lowest BCUT2D eigenvalue weighted by Crippen LogP contribution is -2.58. The Morgan fingerprint density at radius 3 is 2.12 bits per heavy atom. The average molecular weight is 260 g/mol. The smallest absolute Gasteiger partial charge is 0.387 e. The van der Waals surface area contributed by atoms with Gasteiger partial charge < -0.3 is 34.9 Å². The molecule has 1 saturated heterocycles. The van der Waals surface area contributed by atoms with E-state index in [0.29, 0.717) is 0 Å². The Kier molecular flexibility index (Phi) is 4.41. The molecule has 16 heavy (non-hydrogen) atoms. The van der Waals surface area contributed by atoms with Crippen LogP contribution in [0.15, 0.2) is 0 Å². The van der Waals surface area contributed by atoms with E-state index in [2.05, 4.69) is 9.26 Å². The molecular weight excluding hydrogens is 247 g/mol. The summed E-state index contributed by atoms with van der Waals surface area (Å²) in [6.07, 6.45) is -8.11. The van der Waals surface area contributed by atoms with E-state index in [1.165, 1.54) is 0 Å². The third kappa shape index (κ3) is 3.45. The van der Waals surface area contributed by atoms with E-state index in [0.717, 1.165) is 0 Å². The van der Waals surface area contributed by atoms with Gasteiger partial charge in [-0.15, -0.1) is 0 Å². The molecule has 96 valence electrons. The van der Waals surface area contributed by atoms with Gasteiger partial charge in [0.15, 0.2) is 6.29 Å². The van der Waals surface area contributed by atoms with Crippen LogP contribution in [0.1, 0.15) is 0 Å². The topological polar surface area (TPSA) is 157 Å². The van der Waals surface area contributed by atoms with Crippen LogP contribution in [0.5, 0.6) is 0 Å². The number of aliphatic hydroxyl groups excluding tert-OH is 4. The summed E-state index contributed by atoms with van der Waals surface area (Å²) in [6.45, 7) is -0.730. The monoisotopic (exact) mass is 260 g/mol. The summed E-state index contributed by atoms with van der Waals surface area (Å²) < 4.78 is 19.0. The zero-order chi connectivity index (χ0) is 12.5. The second-order valence-electron chi connectivity index (χ2n) is 3.32. The first-order valence-electron chi connectivity index (χ1n) is 4.30. The van der Waals surface area contributed by atoms with Gasteiger partial charge in [0.1, 0.15) is 24.4 Å². The van der Waals surface area contributed by atoms with Gasteiger partial charge in [-0.25, -0.2) is 4.57 Å². The number of hydrogen-bond acceptors (Lipinski definition) is 7. The minimum Gasteiger partial charge on any atom is -0.387 e. The maximum atomic E-state index is 10.4. The molecule has 0 saturated carbocycles. The summed E-state index contributed by atoms with van der Waals surface area (Å²) in [7, 11) is -4.73. The molecule has 0 bridgehead atoms. The van der Waals surface area contributed by atoms with Crippen LogP contribution >= 0.6 is 7.82 Å². The van der Waals surface area contributed by atoms with Gasteiger partial charge in [-0.2, -0.15) is 0 Å². The van der Waals surface area contributed by atoms with Crippen molar-refractivity contribution in [3.8, 4) is 0 Å². The van der Waals surface area contributed by atoms with Crippen LogP contribution in [-0.4, -0.2) is 67.5 Å². The number of aliphatic hydroxyl groups is 4. The lowest BCUT2D eigenvalue weighted by atomic mass is 10.00.